The minimum Gasteiger partial charge on any atom is -0.495 e. The van der Waals surface area contributed by atoms with Gasteiger partial charge in [-0.1, -0.05) is 42.5 Å². The van der Waals surface area contributed by atoms with Gasteiger partial charge in [0, 0.05) is 24.3 Å². The van der Waals surface area contributed by atoms with Crippen molar-refractivity contribution in [3.8, 4) is 5.75 Å². The molecule has 2 aliphatic rings. The van der Waals surface area contributed by atoms with Crippen molar-refractivity contribution in [2.45, 2.75) is 19.5 Å². The number of nitrogens with one attached hydrogen (secondary N) is 1. The van der Waals surface area contributed by atoms with E-state index in [1.807, 2.05) is 50.2 Å². The summed E-state index contributed by atoms with van der Waals surface area (Å²) in [6, 6.07) is 21.5. The molecule has 0 aliphatic carbocycles. The largest absolute Gasteiger partial charge is 0.495 e. The average Bonchev–Trinajstić information content (AvgIpc) is 3.13. The lowest BCUT2D eigenvalue weighted by atomic mass is 9.92. The van der Waals surface area contributed by atoms with Crippen molar-refractivity contribution in [1.82, 2.24) is 4.90 Å². The zero-order valence-corrected chi connectivity index (χ0v) is 20.5. The number of rotatable bonds is 6. The van der Waals surface area contributed by atoms with Gasteiger partial charge in [-0.3, -0.25) is 24.2 Å². The van der Waals surface area contributed by atoms with Crippen molar-refractivity contribution in [1.29, 1.82) is 0 Å². The number of para-hydroxylation sites is 4. The number of carbonyl (C=O) groups excluding carboxylic acids is 3. The molecule has 2 aliphatic heterocycles. The summed E-state index contributed by atoms with van der Waals surface area (Å²) < 4.78 is 5.61. The number of carbonyl (C=O) groups is 3. The van der Waals surface area contributed by atoms with Gasteiger partial charge in [-0.25, -0.2) is 0 Å². The summed E-state index contributed by atoms with van der Waals surface area (Å²) in [6.45, 7) is 4.77. The van der Waals surface area contributed by atoms with Crippen molar-refractivity contribution >= 4 is 34.8 Å². The highest BCUT2D eigenvalue weighted by Crippen LogP contribution is 2.51. The standard InChI is InChI=1S/C28H28N4O4/c1-4-30(5-2)25(33)18-31-22-15-9-7-13-20(22)28(27(31)35)29-21-14-8-6-12-19(21)26(34)32(28)23-16-10-11-17-24(23)36-3/h6-17,29H,4-5,18H2,1-3H3. The quantitative estimate of drug-likeness (QED) is 0.575. The minimum absolute atomic E-state index is 0.128. The molecule has 0 fully saturated rings. The van der Waals surface area contributed by atoms with E-state index < -0.39 is 11.6 Å². The Balaban J connectivity index is 1.74. The molecule has 1 spiro atoms. The summed E-state index contributed by atoms with van der Waals surface area (Å²) in [6.07, 6.45) is 0. The van der Waals surface area contributed by atoms with E-state index in [0.29, 0.717) is 47.0 Å². The van der Waals surface area contributed by atoms with Crippen LogP contribution in [0.3, 0.4) is 0 Å². The maximum absolute atomic E-state index is 14.5. The summed E-state index contributed by atoms with van der Waals surface area (Å²) >= 11 is 0. The van der Waals surface area contributed by atoms with Gasteiger partial charge in [0.15, 0.2) is 0 Å². The fraction of sp³-hybridized carbons (Fsp3) is 0.250. The smallest absolute Gasteiger partial charge is 0.279 e. The normalized spacial score (nSPS) is 18.1. The predicted octanol–water partition coefficient (Wildman–Crippen LogP) is 3.84. The first-order valence-electron chi connectivity index (χ1n) is 12.0. The predicted molar refractivity (Wildman–Crippen MR) is 138 cm³/mol. The Morgan fingerprint density at radius 3 is 2.28 bits per heavy atom. The number of amides is 3. The fourth-order valence-electron chi connectivity index (χ4n) is 5.15. The number of likely N-dealkylation sites (N-methyl/N-ethyl adjacent to an activating group) is 1. The van der Waals surface area contributed by atoms with E-state index in [9.17, 15) is 14.4 Å². The van der Waals surface area contributed by atoms with Crippen LogP contribution in [0.15, 0.2) is 72.8 Å². The van der Waals surface area contributed by atoms with Crippen LogP contribution in [-0.2, 0) is 15.3 Å². The molecule has 3 amide bonds. The topological polar surface area (TPSA) is 82.2 Å². The molecule has 2 heterocycles. The number of hydrogen-bond acceptors (Lipinski definition) is 5. The van der Waals surface area contributed by atoms with Crippen molar-refractivity contribution in [2.24, 2.45) is 0 Å². The van der Waals surface area contributed by atoms with Gasteiger partial charge in [0.1, 0.15) is 12.3 Å². The van der Waals surface area contributed by atoms with Gasteiger partial charge in [0.05, 0.1) is 24.0 Å². The lowest BCUT2D eigenvalue weighted by molar-refractivity contribution is -0.131. The number of methoxy groups -OCH3 is 1. The molecule has 0 saturated heterocycles. The van der Waals surface area contributed by atoms with Gasteiger partial charge in [0.25, 0.3) is 11.8 Å². The lowest BCUT2D eigenvalue weighted by Crippen LogP contribution is -2.63. The zero-order valence-electron chi connectivity index (χ0n) is 20.5. The first-order chi connectivity index (χ1) is 17.5. The van der Waals surface area contributed by atoms with Gasteiger partial charge in [-0.05, 0) is 44.2 Å². The molecule has 3 aromatic carbocycles. The third-order valence-corrected chi connectivity index (χ3v) is 6.89. The van der Waals surface area contributed by atoms with Gasteiger partial charge < -0.3 is 15.0 Å². The Hall–Kier alpha value is -4.33. The van der Waals surface area contributed by atoms with Crippen LogP contribution in [0.1, 0.15) is 29.8 Å². The van der Waals surface area contributed by atoms with Gasteiger partial charge >= 0.3 is 0 Å². The highest BCUT2D eigenvalue weighted by molar-refractivity contribution is 6.23. The molecule has 36 heavy (non-hydrogen) atoms. The Morgan fingerprint density at radius 1 is 0.917 bits per heavy atom. The maximum Gasteiger partial charge on any atom is 0.279 e. The summed E-state index contributed by atoms with van der Waals surface area (Å²) in [5, 5.41) is 3.40. The molecular formula is C28H28N4O4. The van der Waals surface area contributed by atoms with Gasteiger partial charge in [-0.2, -0.15) is 0 Å². The average molecular weight is 485 g/mol. The number of benzene rings is 3. The summed E-state index contributed by atoms with van der Waals surface area (Å²) in [7, 11) is 1.53. The fourth-order valence-corrected chi connectivity index (χ4v) is 5.15. The molecule has 5 rings (SSSR count). The highest BCUT2D eigenvalue weighted by atomic mass is 16.5. The molecule has 0 aromatic heterocycles. The van der Waals surface area contributed by atoms with Crippen LogP contribution in [0.5, 0.6) is 5.75 Å². The molecule has 3 aromatic rings. The van der Waals surface area contributed by atoms with E-state index in [1.54, 1.807) is 41.3 Å². The summed E-state index contributed by atoms with van der Waals surface area (Å²) in [5.41, 5.74) is 1.02. The molecule has 8 nitrogen and oxygen atoms in total. The second kappa shape index (κ2) is 9.03. The summed E-state index contributed by atoms with van der Waals surface area (Å²) in [5.74, 6) is -0.451. The van der Waals surface area contributed by atoms with Crippen LogP contribution in [0.2, 0.25) is 0 Å². The Kier molecular flexibility index (Phi) is 5.88. The van der Waals surface area contributed by atoms with Gasteiger partial charge in [0.2, 0.25) is 11.6 Å². The number of hydrogen-bond donors (Lipinski definition) is 1. The molecular weight excluding hydrogens is 456 g/mol. The summed E-state index contributed by atoms with van der Waals surface area (Å²) in [4.78, 5) is 46.3. The second-order valence-corrected chi connectivity index (χ2v) is 8.67. The monoisotopic (exact) mass is 484 g/mol. The van der Waals surface area contributed by atoms with Crippen LogP contribution in [0, 0.1) is 0 Å². The number of ether oxygens (including phenoxy) is 1. The Morgan fingerprint density at radius 2 is 1.56 bits per heavy atom. The minimum atomic E-state index is -1.60. The number of anilines is 3. The Bertz CT molecular complexity index is 1350. The van der Waals surface area contributed by atoms with Crippen LogP contribution >= 0.6 is 0 Å². The third kappa shape index (κ3) is 3.32. The SMILES string of the molecule is CCN(CC)C(=O)CN1C(=O)C2(Nc3ccccc3C(=O)N2c2ccccc2OC)c2ccccc21. The van der Waals surface area contributed by atoms with Crippen molar-refractivity contribution in [2.75, 3.05) is 41.9 Å². The highest BCUT2D eigenvalue weighted by Gasteiger charge is 2.60. The molecule has 1 N–H and O–H groups in total. The molecule has 0 bridgehead atoms. The number of nitrogens with zero attached hydrogens (tertiary/aromatic N) is 3. The molecule has 1 atom stereocenters. The third-order valence-electron chi connectivity index (χ3n) is 6.89. The number of fused-ring (bicyclic) bond motifs is 3. The van der Waals surface area contributed by atoms with Crippen LogP contribution in [-0.4, -0.2) is 49.4 Å². The van der Waals surface area contributed by atoms with E-state index in [2.05, 4.69) is 5.32 Å². The maximum atomic E-state index is 14.5. The first-order valence-corrected chi connectivity index (χ1v) is 12.0. The second-order valence-electron chi connectivity index (χ2n) is 8.67. The van der Waals surface area contributed by atoms with E-state index in [1.165, 1.54) is 16.9 Å². The molecule has 0 radical (unpaired) electrons. The molecule has 8 heteroatoms. The van der Waals surface area contributed by atoms with Gasteiger partial charge in [-0.15, -0.1) is 0 Å². The van der Waals surface area contributed by atoms with Crippen LogP contribution in [0.4, 0.5) is 17.1 Å². The zero-order chi connectivity index (χ0) is 25.4. The molecule has 184 valence electrons. The first kappa shape index (κ1) is 23.4. The van der Waals surface area contributed by atoms with Crippen molar-refractivity contribution in [3.05, 3.63) is 83.9 Å². The lowest BCUT2D eigenvalue weighted by Gasteiger charge is -2.45. The van der Waals surface area contributed by atoms with Crippen molar-refractivity contribution in [3.63, 3.8) is 0 Å². The van der Waals surface area contributed by atoms with Crippen molar-refractivity contribution < 1.29 is 19.1 Å². The van der Waals surface area contributed by atoms with E-state index in [0.717, 1.165) is 0 Å². The van der Waals surface area contributed by atoms with Crippen LogP contribution in [0.25, 0.3) is 0 Å². The van der Waals surface area contributed by atoms with E-state index in [4.69, 9.17) is 4.74 Å². The Labute approximate surface area is 210 Å². The molecule has 1 unspecified atom stereocenters. The van der Waals surface area contributed by atoms with E-state index in [-0.39, 0.29) is 18.4 Å². The van der Waals surface area contributed by atoms with Crippen LogP contribution < -0.4 is 19.9 Å². The molecule has 0 saturated carbocycles. The van der Waals surface area contributed by atoms with E-state index >= 15 is 0 Å².